The Kier molecular flexibility index (Phi) is 6.84. The third-order valence-corrected chi connectivity index (χ3v) is 4.66. The highest BCUT2D eigenvalue weighted by Crippen LogP contribution is 2.29. The van der Waals surface area contributed by atoms with Gasteiger partial charge in [-0.15, -0.1) is 0 Å². The highest BCUT2D eigenvalue weighted by Gasteiger charge is 2.13. The lowest BCUT2D eigenvalue weighted by Crippen LogP contribution is -2.16. The zero-order valence-electron chi connectivity index (χ0n) is 16.3. The van der Waals surface area contributed by atoms with Crippen LogP contribution >= 0.6 is 0 Å². The van der Waals surface area contributed by atoms with Crippen LogP contribution in [0.15, 0.2) is 42.1 Å². The number of benzene rings is 1. The van der Waals surface area contributed by atoms with Gasteiger partial charge in [0.2, 0.25) is 5.95 Å². The van der Waals surface area contributed by atoms with Gasteiger partial charge in [-0.05, 0) is 50.3 Å². The van der Waals surface area contributed by atoms with E-state index in [1.54, 1.807) is 44.7 Å². The van der Waals surface area contributed by atoms with Crippen molar-refractivity contribution in [2.24, 2.45) is 0 Å². The average molecular weight is 382 g/mol. The number of hydrogen-bond acceptors (Lipinski definition) is 6. The van der Waals surface area contributed by atoms with Gasteiger partial charge in [0, 0.05) is 18.8 Å². The molecule has 28 heavy (non-hydrogen) atoms. The number of amides is 1. The summed E-state index contributed by atoms with van der Waals surface area (Å²) in [5.74, 6) is 1.28. The maximum absolute atomic E-state index is 12.6. The first-order valence-electron chi connectivity index (χ1n) is 9.48. The third kappa shape index (κ3) is 5.22. The fourth-order valence-corrected chi connectivity index (χ4v) is 3.13. The molecule has 1 aromatic heterocycles. The molecule has 0 unspecified atom stereocenters. The van der Waals surface area contributed by atoms with Gasteiger partial charge in [0.25, 0.3) is 5.91 Å². The molecule has 0 bridgehead atoms. The van der Waals surface area contributed by atoms with Gasteiger partial charge < -0.3 is 20.1 Å². The van der Waals surface area contributed by atoms with E-state index in [9.17, 15) is 4.79 Å². The number of carbonyl (C=O) groups excluding carboxylic acids is 1. The summed E-state index contributed by atoms with van der Waals surface area (Å²) in [6.07, 6.45) is 9.80. The Morgan fingerprint density at radius 3 is 2.82 bits per heavy atom. The largest absolute Gasteiger partial charge is 0.497 e. The highest BCUT2D eigenvalue weighted by molar-refractivity contribution is 6.03. The second-order valence-electron chi connectivity index (χ2n) is 6.57. The Balaban J connectivity index is 1.61. The number of nitrogens with one attached hydrogen (secondary N) is 2. The quantitative estimate of drug-likeness (QED) is 0.670. The predicted molar refractivity (Wildman–Crippen MR) is 109 cm³/mol. The van der Waals surface area contributed by atoms with Crippen molar-refractivity contribution in [3.05, 3.63) is 47.8 Å². The average Bonchev–Trinajstić information content (AvgIpc) is 2.75. The minimum absolute atomic E-state index is 0.284. The molecule has 7 nitrogen and oxygen atoms in total. The molecule has 0 saturated heterocycles. The summed E-state index contributed by atoms with van der Waals surface area (Å²) in [5.41, 5.74) is 2.32. The number of carbonyl (C=O) groups is 1. The van der Waals surface area contributed by atoms with Gasteiger partial charge in [0.1, 0.15) is 17.2 Å². The van der Waals surface area contributed by atoms with Crippen molar-refractivity contribution in [2.45, 2.75) is 32.1 Å². The lowest BCUT2D eigenvalue weighted by molar-refractivity contribution is 0.102. The molecule has 3 rings (SSSR count). The Labute approximate surface area is 165 Å². The molecule has 1 aromatic carbocycles. The molecule has 148 valence electrons. The Bertz CT molecular complexity index is 851. The van der Waals surface area contributed by atoms with Gasteiger partial charge in [-0.25, -0.2) is 9.97 Å². The number of allylic oxidation sites excluding steroid dienone is 1. The second-order valence-corrected chi connectivity index (χ2v) is 6.57. The molecule has 2 aromatic rings. The third-order valence-electron chi connectivity index (χ3n) is 4.66. The van der Waals surface area contributed by atoms with Gasteiger partial charge in [-0.3, -0.25) is 4.79 Å². The monoisotopic (exact) mass is 382 g/mol. The van der Waals surface area contributed by atoms with Crippen molar-refractivity contribution >= 4 is 17.5 Å². The van der Waals surface area contributed by atoms with Gasteiger partial charge in [0.15, 0.2) is 0 Å². The number of methoxy groups -OCH3 is 2. The van der Waals surface area contributed by atoms with Crippen molar-refractivity contribution in [3.63, 3.8) is 0 Å². The topological polar surface area (TPSA) is 85.4 Å². The van der Waals surface area contributed by atoms with Crippen LogP contribution in [0, 0.1) is 0 Å². The van der Waals surface area contributed by atoms with Gasteiger partial charge >= 0.3 is 0 Å². The highest BCUT2D eigenvalue weighted by atomic mass is 16.5. The number of aromatic nitrogens is 2. The van der Waals surface area contributed by atoms with Crippen LogP contribution in [0.5, 0.6) is 11.5 Å². The van der Waals surface area contributed by atoms with Crippen LogP contribution < -0.4 is 20.1 Å². The summed E-state index contributed by atoms with van der Waals surface area (Å²) >= 11 is 0. The molecular formula is C21H26N4O3. The lowest BCUT2D eigenvalue weighted by atomic mass is 9.97. The zero-order chi connectivity index (χ0) is 19.8. The van der Waals surface area contributed by atoms with E-state index >= 15 is 0 Å². The summed E-state index contributed by atoms with van der Waals surface area (Å²) in [6.45, 7) is 0.753. The molecule has 0 fully saturated rings. The normalized spacial score (nSPS) is 13.4. The van der Waals surface area contributed by atoms with Crippen molar-refractivity contribution < 1.29 is 14.3 Å². The van der Waals surface area contributed by atoms with Gasteiger partial charge in [-0.1, -0.05) is 11.6 Å². The Hall–Kier alpha value is -3.09. The molecular weight excluding hydrogens is 356 g/mol. The van der Waals surface area contributed by atoms with E-state index in [1.165, 1.54) is 31.3 Å². The van der Waals surface area contributed by atoms with Crippen LogP contribution in [0.3, 0.4) is 0 Å². The van der Waals surface area contributed by atoms with Crippen LogP contribution in [0.25, 0.3) is 0 Å². The molecule has 2 N–H and O–H groups in total. The number of nitrogens with zero attached hydrogens (tertiary/aromatic N) is 2. The minimum atomic E-state index is -0.330. The number of rotatable bonds is 8. The lowest BCUT2D eigenvalue weighted by Gasteiger charge is -2.13. The number of hydrogen-bond donors (Lipinski definition) is 2. The van der Waals surface area contributed by atoms with Gasteiger partial charge in [-0.2, -0.15) is 0 Å². The van der Waals surface area contributed by atoms with E-state index in [0.717, 1.165) is 13.0 Å². The predicted octanol–water partition coefficient (Wildman–Crippen LogP) is 4.05. The van der Waals surface area contributed by atoms with E-state index in [2.05, 4.69) is 26.7 Å². The summed E-state index contributed by atoms with van der Waals surface area (Å²) in [6, 6.07) is 6.78. The Morgan fingerprint density at radius 2 is 2.07 bits per heavy atom. The molecule has 0 atom stereocenters. The molecule has 0 aliphatic heterocycles. The molecule has 1 heterocycles. The van der Waals surface area contributed by atoms with E-state index < -0.39 is 0 Å². The standard InChI is InChI=1S/C21H26N4O3/c1-27-16-8-9-17(19(14-16)28-2)24-20(26)18-11-13-23-21(25-18)22-12-10-15-6-4-3-5-7-15/h6,8-9,11,13-14H,3-5,7,10,12H2,1-2H3,(H,24,26)(H,22,23,25). The van der Waals surface area contributed by atoms with Crippen molar-refractivity contribution in [2.75, 3.05) is 31.4 Å². The molecule has 1 aliphatic carbocycles. The summed E-state index contributed by atoms with van der Waals surface area (Å²) < 4.78 is 10.5. The molecule has 0 radical (unpaired) electrons. The zero-order valence-corrected chi connectivity index (χ0v) is 16.3. The van der Waals surface area contributed by atoms with Crippen LogP contribution in [0.4, 0.5) is 11.6 Å². The maximum atomic E-state index is 12.6. The van der Waals surface area contributed by atoms with E-state index in [0.29, 0.717) is 23.1 Å². The first kappa shape index (κ1) is 19.7. The SMILES string of the molecule is COc1ccc(NC(=O)c2ccnc(NCCC3=CCCCC3)n2)c(OC)c1. The van der Waals surface area contributed by atoms with E-state index in [1.807, 2.05) is 0 Å². The van der Waals surface area contributed by atoms with Crippen molar-refractivity contribution in [3.8, 4) is 11.5 Å². The van der Waals surface area contributed by atoms with Crippen LogP contribution in [0.1, 0.15) is 42.6 Å². The number of anilines is 2. The molecule has 1 aliphatic rings. The second kappa shape index (κ2) is 9.73. The van der Waals surface area contributed by atoms with E-state index in [4.69, 9.17) is 9.47 Å². The van der Waals surface area contributed by atoms with Crippen molar-refractivity contribution in [1.29, 1.82) is 0 Å². The maximum Gasteiger partial charge on any atom is 0.274 e. The summed E-state index contributed by atoms with van der Waals surface area (Å²) in [5, 5.41) is 6.02. The first-order chi connectivity index (χ1) is 13.7. The summed E-state index contributed by atoms with van der Waals surface area (Å²) in [7, 11) is 3.12. The molecule has 7 heteroatoms. The van der Waals surface area contributed by atoms with Crippen LogP contribution in [-0.2, 0) is 0 Å². The van der Waals surface area contributed by atoms with Crippen LogP contribution in [0.2, 0.25) is 0 Å². The fourth-order valence-electron chi connectivity index (χ4n) is 3.13. The fraction of sp³-hybridized carbons (Fsp3) is 0.381. The molecule has 0 saturated carbocycles. The first-order valence-corrected chi connectivity index (χ1v) is 9.48. The molecule has 1 amide bonds. The van der Waals surface area contributed by atoms with Gasteiger partial charge in [0.05, 0.1) is 19.9 Å². The smallest absolute Gasteiger partial charge is 0.274 e. The minimum Gasteiger partial charge on any atom is -0.497 e. The number of ether oxygens (including phenoxy) is 2. The van der Waals surface area contributed by atoms with Crippen molar-refractivity contribution in [1.82, 2.24) is 9.97 Å². The Morgan fingerprint density at radius 1 is 1.18 bits per heavy atom. The molecule has 0 spiro atoms. The van der Waals surface area contributed by atoms with Crippen LogP contribution in [-0.4, -0.2) is 36.6 Å². The summed E-state index contributed by atoms with van der Waals surface area (Å²) in [4.78, 5) is 21.1. The van der Waals surface area contributed by atoms with E-state index in [-0.39, 0.29) is 11.6 Å².